The highest BCUT2D eigenvalue weighted by Crippen LogP contribution is 2.31. The number of nitrogens with zero attached hydrogens (tertiary/aromatic N) is 3. The standard InChI is InChI=1S/C23H17ClN4O/c1-27-20-13-26-18-11-8-15(14-6-9-16(24)10-7-14)12-17(18)22(20)28(23(27)25)19-4-2-3-5-21(19)29/h2-13,25,29H,1H3. The maximum Gasteiger partial charge on any atom is 0.207 e. The van der Waals surface area contributed by atoms with Gasteiger partial charge in [0.25, 0.3) is 0 Å². The van der Waals surface area contributed by atoms with E-state index in [2.05, 4.69) is 11.1 Å². The molecular weight excluding hydrogens is 384 g/mol. The molecule has 29 heavy (non-hydrogen) atoms. The first-order valence-corrected chi connectivity index (χ1v) is 9.51. The van der Waals surface area contributed by atoms with Crippen LogP contribution in [0.1, 0.15) is 0 Å². The van der Waals surface area contributed by atoms with Crippen molar-refractivity contribution in [3.8, 4) is 22.6 Å². The fraction of sp³-hybridized carbons (Fsp3) is 0.0435. The van der Waals surface area contributed by atoms with E-state index < -0.39 is 0 Å². The van der Waals surface area contributed by atoms with Gasteiger partial charge in [-0.2, -0.15) is 0 Å². The van der Waals surface area contributed by atoms with Crippen LogP contribution in [-0.2, 0) is 7.05 Å². The molecule has 0 bridgehead atoms. The molecule has 0 saturated carbocycles. The van der Waals surface area contributed by atoms with Crippen LogP contribution in [0.5, 0.6) is 5.75 Å². The van der Waals surface area contributed by atoms with Crippen LogP contribution >= 0.6 is 11.6 Å². The van der Waals surface area contributed by atoms with Crippen LogP contribution in [0.3, 0.4) is 0 Å². The lowest BCUT2D eigenvalue weighted by Crippen LogP contribution is -2.21. The number of halogens is 1. The summed E-state index contributed by atoms with van der Waals surface area (Å²) in [6.45, 7) is 0. The van der Waals surface area contributed by atoms with Gasteiger partial charge in [-0.1, -0.05) is 41.9 Å². The molecule has 0 aliphatic heterocycles. The number of imidazole rings is 1. The van der Waals surface area contributed by atoms with Crippen molar-refractivity contribution in [3.63, 3.8) is 0 Å². The number of aryl methyl sites for hydroxylation is 1. The molecule has 5 nitrogen and oxygen atoms in total. The molecule has 2 N–H and O–H groups in total. The molecule has 142 valence electrons. The summed E-state index contributed by atoms with van der Waals surface area (Å²) in [6.07, 6.45) is 1.77. The molecule has 2 heterocycles. The Morgan fingerprint density at radius 1 is 0.966 bits per heavy atom. The molecule has 0 spiro atoms. The Kier molecular flexibility index (Phi) is 3.93. The summed E-state index contributed by atoms with van der Waals surface area (Å²) in [6, 6.07) is 20.8. The number of aromatic nitrogens is 3. The number of pyridine rings is 1. The number of para-hydroxylation sites is 2. The zero-order chi connectivity index (χ0) is 20.1. The summed E-state index contributed by atoms with van der Waals surface area (Å²) in [7, 11) is 1.83. The van der Waals surface area contributed by atoms with Gasteiger partial charge in [-0.05, 0) is 47.5 Å². The largest absolute Gasteiger partial charge is 0.506 e. The van der Waals surface area contributed by atoms with Crippen LogP contribution < -0.4 is 5.62 Å². The second-order valence-corrected chi connectivity index (χ2v) is 7.37. The SMILES string of the molecule is Cn1c(=N)n(-c2ccccc2O)c2c3cc(-c4ccc(Cl)cc4)ccc3ncc21. The van der Waals surface area contributed by atoms with Gasteiger partial charge in [0.2, 0.25) is 5.62 Å². The Balaban J connectivity index is 1.89. The summed E-state index contributed by atoms with van der Waals surface area (Å²) < 4.78 is 3.53. The minimum absolute atomic E-state index is 0.123. The Morgan fingerprint density at radius 2 is 1.69 bits per heavy atom. The second-order valence-electron chi connectivity index (χ2n) is 6.94. The van der Waals surface area contributed by atoms with Crippen LogP contribution in [0, 0.1) is 5.41 Å². The average molecular weight is 401 g/mol. The first-order chi connectivity index (χ1) is 14.0. The van der Waals surface area contributed by atoms with Crippen LogP contribution in [0.25, 0.3) is 38.8 Å². The number of phenols is 1. The van der Waals surface area contributed by atoms with Gasteiger partial charge in [-0.25, -0.2) is 0 Å². The maximum atomic E-state index is 10.4. The Bertz CT molecular complexity index is 1450. The fourth-order valence-electron chi connectivity index (χ4n) is 3.73. The van der Waals surface area contributed by atoms with Crippen molar-refractivity contribution < 1.29 is 5.11 Å². The van der Waals surface area contributed by atoms with E-state index in [0.717, 1.165) is 33.1 Å². The van der Waals surface area contributed by atoms with Crippen molar-refractivity contribution in [1.29, 1.82) is 5.41 Å². The van der Waals surface area contributed by atoms with E-state index in [9.17, 15) is 5.11 Å². The molecule has 0 saturated heterocycles. The van der Waals surface area contributed by atoms with Gasteiger partial charge in [-0.3, -0.25) is 15.0 Å². The van der Waals surface area contributed by atoms with Gasteiger partial charge in [0, 0.05) is 17.5 Å². The highest BCUT2D eigenvalue weighted by molar-refractivity contribution is 6.30. The van der Waals surface area contributed by atoms with Crippen LogP contribution in [-0.4, -0.2) is 19.2 Å². The lowest BCUT2D eigenvalue weighted by atomic mass is 10.0. The molecule has 0 aliphatic rings. The van der Waals surface area contributed by atoms with Gasteiger partial charge in [0.05, 0.1) is 28.4 Å². The Hall–Kier alpha value is -3.57. The van der Waals surface area contributed by atoms with Gasteiger partial charge in [0.15, 0.2) is 0 Å². The highest BCUT2D eigenvalue weighted by Gasteiger charge is 2.16. The summed E-state index contributed by atoms with van der Waals surface area (Å²) >= 11 is 6.04. The van der Waals surface area contributed by atoms with Crippen molar-refractivity contribution >= 4 is 33.5 Å². The summed E-state index contributed by atoms with van der Waals surface area (Å²) in [4.78, 5) is 4.59. The molecule has 0 unspecified atom stereocenters. The van der Waals surface area contributed by atoms with Crippen molar-refractivity contribution in [2.24, 2.45) is 7.05 Å². The first kappa shape index (κ1) is 17.5. The predicted molar refractivity (Wildman–Crippen MR) is 116 cm³/mol. The minimum Gasteiger partial charge on any atom is -0.506 e. The minimum atomic E-state index is 0.123. The molecule has 5 aromatic rings. The third-order valence-corrected chi connectivity index (χ3v) is 5.49. The second kappa shape index (κ2) is 6.50. The molecule has 2 aromatic heterocycles. The maximum absolute atomic E-state index is 10.4. The number of phenolic OH excluding ortho intramolecular Hbond substituents is 1. The quantitative estimate of drug-likeness (QED) is 0.436. The molecular formula is C23H17ClN4O. The van der Waals surface area contributed by atoms with Gasteiger partial charge >= 0.3 is 0 Å². The zero-order valence-electron chi connectivity index (χ0n) is 15.6. The summed E-state index contributed by atoms with van der Waals surface area (Å²) in [5, 5.41) is 20.7. The molecule has 5 rings (SSSR count). The molecule has 0 radical (unpaired) electrons. The van der Waals surface area contributed by atoms with Crippen LogP contribution in [0.4, 0.5) is 0 Å². The summed E-state index contributed by atoms with van der Waals surface area (Å²) in [5.74, 6) is 0.123. The molecule has 0 aliphatic carbocycles. The van der Waals surface area contributed by atoms with Crippen molar-refractivity contribution in [2.45, 2.75) is 0 Å². The fourth-order valence-corrected chi connectivity index (χ4v) is 3.85. The lowest BCUT2D eigenvalue weighted by molar-refractivity contribution is 0.471. The molecule has 6 heteroatoms. The van der Waals surface area contributed by atoms with E-state index in [1.54, 1.807) is 27.5 Å². The number of nitrogens with one attached hydrogen (secondary N) is 1. The van der Waals surface area contributed by atoms with Crippen molar-refractivity contribution in [1.82, 2.24) is 14.1 Å². The third kappa shape index (κ3) is 2.70. The Labute approximate surface area is 171 Å². The Morgan fingerprint density at radius 3 is 2.45 bits per heavy atom. The molecule has 3 aromatic carbocycles. The number of rotatable bonds is 2. The number of hydrogen-bond donors (Lipinski definition) is 2. The van der Waals surface area contributed by atoms with Gasteiger partial charge in [-0.15, -0.1) is 0 Å². The number of benzene rings is 3. The van der Waals surface area contributed by atoms with Gasteiger partial charge < -0.3 is 9.67 Å². The average Bonchev–Trinajstić information content (AvgIpc) is 2.99. The van der Waals surface area contributed by atoms with Gasteiger partial charge in [0.1, 0.15) is 5.75 Å². The van der Waals surface area contributed by atoms with Crippen molar-refractivity contribution in [3.05, 3.63) is 83.6 Å². The monoisotopic (exact) mass is 400 g/mol. The van der Waals surface area contributed by atoms with Crippen LogP contribution in [0.15, 0.2) is 72.9 Å². The topological polar surface area (TPSA) is 66.8 Å². The molecule has 0 fully saturated rings. The number of hydrogen-bond acceptors (Lipinski definition) is 3. The summed E-state index contributed by atoms with van der Waals surface area (Å²) in [5.41, 5.74) is 5.37. The van der Waals surface area contributed by atoms with E-state index in [1.165, 1.54) is 0 Å². The predicted octanol–water partition coefficient (Wildman–Crippen LogP) is 5.02. The van der Waals surface area contributed by atoms with Crippen LogP contribution in [0.2, 0.25) is 5.02 Å². The number of fused-ring (bicyclic) bond motifs is 3. The van der Waals surface area contributed by atoms with E-state index in [4.69, 9.17) is 17.0 Å². The molecule has 0 atom stereocenters. The van der Waals surface area contributed by atoms with E-state index in [-0.39, 0.29) is 11.4 Å². The normalized spacial score (nSPS) is 11.4. The lowest BCUT2D eigenvalue weighted by Gasteiger charge is -2.10. The molecule has 0 amide bonds. The van der Waals surface area contributed by atoms with E-state index in [1.807, 2.05) is 55.6 Å². The van der Waals surface area contributed by atoms with Crippen molar-refractivity contribution in [2.75, 3.05) is 0 Å². The third-order valence-electron chi connectivity index (χ3n) is 5.23. The highest BCUT2D eigenvalue weighted by atomic mass is 35.5. The van der Waals surface area contributed by atoms with E-state index in [0.29, 0.717) is 10.7 Å². The number of aromatic hydroxyl groups is 1. The van der Waals surface area contributed by atoms with E-state index >= 15 is 0 Å². The first-order valence-electron chi connectivity index (χ1n) is 9.14. The smallest absolute Gasteiger partial charge is 0.207 e. The zero-order valence-corrected chi connectivity index (χ0v) is 16.4.